The Morgan fingerprint density at radius 2 is 2.14 bits per heavy atom. The monoisotopic (exact) mass is 284 g/mol. The summed E-state index contributed by atoms with van der Waals surface area (Å²) in [7, 11) is 0. The fraction of sp³-hybridized carbons (Fsp3) is 0.467. The lowest BCUT2D eigenvalue weighted by Gasteiger charge is -2.43. The van der Waals surface area contributed by atoms with Crippen LogP contribution in [0.5, 0.6) is 0 Å². The van der Waals surface area contributed by atoms with Gasteiger partial charge in [0.25, 0.3) is 5.78 Å². The zero-order chi connectivity index (χ0) is 14.2. The summed E-state index contributed by atoms with van der Waals surface area (Å²) in [5.41, 5.74) is 0.346. The minimum Gasteiger partial charge on any atom is -0.338 e. The minimum atomic E-state index is -0.285. The first-order chi connectivity index (χ1) is 10.3. The molecule has 1 atom stereocenters. The molecule has 6 heteroatoms. The summed E-state index contributed by atoms with van der Waals surface area (Å²) >= 11 is 0. The first-order valence-corrected chi connectivity index (χ1v) is 7.33. The van der Waals surface area contributed by atoms with Crippen LogP contribution in [-0.4, -0.2) is 45.4 Å². The number of carbonyl (C=O) groups excluding carboxylic acids is 1. The fourth-order valence-corrected chi connectivity index (χ4v) is 3.33. The van der Waals surface area contributed by atoms with Gasteiger partial charge in [-0.25, -0.2) is 0 Å². The van der Waals surface area contributed by atoms with Crippen LogP contribution < -0.4 is 0 Å². The van der Waals surface area contributed by atoms with E-state index < -0.39 is 0 Å². The Kier molecular flexibility index (Phi) is 3.03. The van der Waals surface area contributed by atoms with Crippen LogP contribution in [0.4, 0.5) is 0 Å². The van der Waals surface area contributed by atoms with E-state index in [1.54, 1.807) is 24.4 Å². The summed E-state index contributed by atoms with van der Waals surface area (Å²) in [6, 6.07) is 5.20. The van der Waals surface area contributed by atoms with E-state index in [2.05, 4.69) is 20.0 Å². The lowest BCUT2D eigenvalue weighted by atomic mass is 9.79. The predicted molar refractivity (Wildman–Crippen MR) is 73.9 cm³/mol. The van der Waals surface area contributed by atoms with Crippen molar-refractivity contribution in [3.8, 4) is 0 Å². The van der Waals surface area contributed by atoms with Gasteiger partial charge in [-0.2, -0.15) is 4.98 Å². The summed E-state index contributed by atoms with van der Waals surface area (Å²) in [5, 5.41) is 3.86. The third-order valence-electron chi connectivity index (χ3n) is 4.52. The summed E-state index contributed by atoms with van der Waals surface area (Å²) < 4.78 is 5.36. The number of aromatic nitrogens is 3. The van der Waals surface area contributed by atoms with E-state index in [1.165, 1.54) is 12.8 Å². The maximum Gasteiger partial charge on any atom is 0.252 e. The predicted octanol–water partition coefficient (Wildman–Crippen LogP) is 1.50. The number of ketones is 1. The second-order valence-electron chi connectivity index (χ2n) is 5.74. The van der Waals surface area contributed by atoms with Gasteiger partial charge in [-0.1, -0.05) is 11.2 Å². The summed E-state index contributed by atoms with van der Waals surface area (Å²) in [4.78, 5) is 23.0. The van der Waals surface area contributed by atoms with Crippen LogP contribution in [0.25, 0.3) is 0 Å². The zero-order valence-corrected chi connectivity index (χ0v) is 11.6. The highest BCUT2D eigenvalue weighted by atomic mass is 16.5. The molecule has 0 aliphatic carbocycles. The quantitative estimate of drug-likeness (QED) is 0.795. The van der Waals surface area contributed by atoms with Crippen molar-refractivity contribution in [2.75, 3.05) is 19.6 Å². The molecule has 2 bridgehead atoms. The van der Waals surface area contributed by atoms with E-state index in [9.17, 15) is 4.79 Å². The number of hydrogen-bond donors (Lipinski definition) is 0. The molecule has 0 saturated carbocycles. The van der Waals surface area contributed by atoms with Gasteiger partial charge in [0.1, 0.15) is 5.69 Å². The molecule has 0 amide bonds. The Bertz CT molecular complexity index is 647. The van der Waals surface area contributed by atoms with Crippen LogP contribution in [0.2, 0.25) is 0 Å². The van der Waals surface area contributed by atoms with Crippen LogP contribution in [0.1, 0.15) is 41.0 Å². The average molecular weight is 284 g/mol. The third-order valence-corrected chi connectivity index (χ3v) is 4.52. The van der Waals surface area contributed by atoms with E-state index in [0.717, 1.165) is 19.6 Å². The smallest absolute Gasteiger partial charge is 0.252 e. The number of rotatable bonds is 3. The van der Waals surface area contributed by atoms with Crippen molar-refractivity contribution < 1.29 is 9.32 Å². The number of nitrogens with zero attached hydrogens (tertiary/aromatic N) is 4. The van der Waals surface area contributed by atoms with Gasteiger partial charge in [0.15, 0.2) is 0 Å². The van der Waals surface area contributed by atoms with E-state index in [4.69, 9.17) is 4.52 Å². The highest BCUT2D eigenvalue weighted by Gasteiger charge is 2.38. The topological polar surface area (TPSA) is 72.1 Å². The normalized spacial score (nSPS) is 27.7. The molecule has 5 heterocycles. The SMILES string of the molecule is O=C(c1ccccn1)c1noc(C2CN3CCC2CC3)n1. The van der Waals surface area contributed by atoms with Crippen molar-refractivity contribution >= 4 is 5.78 Å². The molecule has 0 radical (unpaired) electrons. The second kappa shape index (κ2) is 5.04. The summed E-state index contributed by atoms with van der Waals surface area (Å²) in [6.45, 7) is 3.29. The van der Waals surface area contributed by atoms with Crippen LogP contribution in [-0.2, 0) is 0 Å². The summed E-state index contributed by atoms with van der Waals surface area (Å²) in [5.74, 6) is 1.30. The maximum absolute atomic E-state index is 12.2. The van der Waals surface area contributed by atoms with Gasteiger partial charge >= 0.3 is 0 Å². The van der Waals surface area contributed by atoms with Gasteiger partial charge in [0.2, 0.25) is 11.7 Å². The zero-order valence-electron chi connectivity index (χ0n) is 11.6. The van der Waals surface area contributed by atoms with Gasteiger partial charge in [-0.05, 0) is 44.0 Å². The van der Waals surface area contributed by atoms with Crippen LogP contribution in [0.15, 0.2) is 28.9 Å². The molecule has 2 aromatic heterocycles. The van der Waals surface area contributed by atoms with Gasteiger partial charge in [0.05, 0.1) is 5.92 Å². The molecule has 6 nitrogen and oxygen atoms in total. The molecule has 0 N–H and O–H groups in total. The van der Waals surface area contributed by atoms with E-state index in [0.29, 0.717) is 17.5 Å². The number of piperidine rings is 3. The highest BCUT2D eigenvalue weighted by Crippen LogP contribution is 2.38. The van der Waals surface area contributed by atoms with Crippen molar-refractivity contribution in [2.45, 2.75) is 18.8 Å². The second-order valence-corrected chi connectivity index (χ2v) is 5.74. The van der Waals surface area contributed by atoms with E-state index in [1.807, 2.05) is 0 Å². The Hall–Kier alpha value is -2.08. The number of hydrogen-bond acceptors (Lipinski definition) is 6. The van der Waals surface area contributed by atoms with Gasteiger partial charge in [-0.15, -0.1) is 0 Å². The molecule has 3 saturated heterocycles. The van der Waals surface area contributed by atoms with E-state index >= 15 is 0 Å². The molecular weight excluding hydrogens is 268 g/mol. The van der Waals surface area contributed by atoms with Crippen LogP contribution >= 0.6 is 0 Å². The fourth-order valence-electron chi connectivity index (χ4n) is 3.33. The van der Waals surface area contributed by atoms with Crippen LogP contribution in [0.3, 0.4) is 0 Å². The largest absolute Gasteiger partial charge is 0.338 e. The highest BCUT2D eigenvalue weighted by molar-refractivity contribution is 6.04. The number of pyridine rings is 1. The first kappa shape index (κ1) is 12.6. The van der Waals surface area contributed by atoms with Crippen molar-refractivity contribution in [1.82, 2.24) is 20.0 Å². The van der Waals surface area contributed by atoms with Gasteiger partial charge in [-0.3, -0.25) is 9.78 Å². The molecule has 0 spiro atoms. The third kappa shape index (κ3) is 2.25. The standard InChI is InChI=1S/C15H16N4O2/c20-13(12-3-1-2-6-16-12)14-17-15(21-18-14)11-9-19-7-4-10(11)5-8-19/h1-3,6,10-11H,4-5,7-9H2. The molecule has 108 valence electrons. The minimum absolute atomic E-state index is 0.111. The Morgan fingerprint density at radius 3 is 2.81 bits per heavy atom. The average Bonchev–Trinajstić information content (AvgIpc) is 3.06. The molecule has 3 aliphatic heterocycles. The number of fused-ring (bicyclic) bond motifs is 3. The molecule has 3 aliphatic rings. The van der Waals surface area contributed by atoms with Gasteiger partial charge in [0, 0.05) is 12.7 Å². The Balaban J connectivity index is 1.57. The molecular formula is C15H16N4O2. The lowest BCUT2D eigenvalue weighted by molar-refractivity contribution is 0.0727. The first-order valence-electron chi connectivity index (χ1n) is 7.33. The van der Waals surface area contributed by atoms with Crippen molar-refractivity contribution in [2.24, 2.45) is 5.92 Å². The molecule has 5 rings (SSSR count). The number of carbonyl (C=O) groups is 1. The maximum atomic E-state index is 12.2. The van der Waals surface area contributed by atoms with Crippen LogP contribution in [0, 0.1) is 5.92 Å². The summed E-state index contributed by atoms with van der Waals surface area (Å²) in [6.07, 6.45) is 3.94. The van der Waals surface area contributed by atoms with Crippen molar-refractivity contribution in [3.05, 3.63) is 41.8 Å². The molecule has 1 unspecified atom stereocenters. The van der Waals surface area contributed by atoms with Crippen molar-refractivity contribution in [1.29, 1.82) is 0 Å². The molecule has 21 heavy (non-hydrogen) atoms. The van der Waals surface area contributed by atoms with Crippen molar-refractivity contribution in [3.63, 3.8) is 0 Å². The Labute approximate surface area is 122 Å². The Morgan fingerprint density at radius 1 is 1.29 bits per heavy atom. The molecule has 0 aromatic carbocycles. The molecule has 2 aromatic rings. The lowest BCUT2D eigenvalue weighted by Crippen LogP contribution is -2.46. The van der Waals surface area contributed by atoms with Gasteiger partial charge < -0.3 is 9.42 Å². The molecule has 3 fully saturated rings. The van der Waals surface area contributed by atoms with E-state index in [-0.39, 0.29) is 17.5 Å².